The second kappa shape index (κ2) is 6.91. The number of rotatable bonds is 5. The summed E-state index contributed by atoms with van der Waals surface area (Å²) in [4.78, 5) is 14.8. The number of amides is 1. The molecule has 1 heterocycles. The lowest BCUT2D eigenvalue weighted by Crippen LogP contribution is -2.37. The quantitative estimate of drug-likeness (QED) is 0.843. The lowest BCUT2D eigenvalue weighted by atomic mass is 10.2. The Hall–Kier alpha value is -1.07. The minimum Gasteiger partial charge on any atom is -0.394 e. The number of thioether (sulfide) groups is 1. The molecule has 0 saturated carbocycles. The van der Waals surface area contributed by atoms with Gasteiger partial charge in [0.2, 0.25) is 5.91 Å². The van der Waals surface area contributed by atoms with Crippen LogP contribution in [0.5, 0.6) is 0 Å². The predicted octanol–water partition coefficient (Wildman–Crippen LogP) is 2.29. The number of aliphatic hydroxyl groups excluding tert-OH is 1. The van der Waals surface area contributed by atoms with Gasteiger partial charge in [0.25, 0.3) is 0 Å². The van der Waals surface area contributed by atoms with Crippen LogP contribution in [-0.4, -0.2) is 40.9 Å². The molecule has 1 aromatic carbocycles. The maximum atomic E-state index is 12.7. The highest BCUT2D eigenvalue weighted by Crippen LogP contribution is 2.21. The van der Waals surface area contributed by atoms with Crippen LogP contribution in [0.25, 0.3) is 0 Å². The zero-order valence-corrected chi connectivity index (χ0v) is 11.5. The summed E-state index contributed by atoms with van der Waals surface area (Å²) in [6.45, 7) is 0.808. The van der Waals surface area contributed by atoms with E-state index >= 15 is 0 Å². The van der Waals surface area contributed by atoms with Crippen LogP contribution in [0.15, 0.2) is 29.2 Å². The molecule has 1 aliphatic heterocycles. The van der Waals surface area contributed by atoms with E-state index in [9.17, 15) is 14.3 Å². The van der Waals surface area contributed by atoms with Crippen molar-refractivity contribution >= 4 is 17.7 Å². The molecule has 0 aliphatic carbocycles. The zero-order chi connectivity index (χ0) is 13.7. The Balaban J connectivity index is 1.76. The molecule has 1 saturated heterocycles. The van der Waals surface area contributed by atoms with Crippen LogP contribution >= 0.6 is 11.8 Å². The predicted molar refractivity (Wildman–Crippen MR) is 73.6 cm³/mol. The van der Waals surface area contributed by atoms with Crippen molar-refractivity contribution < 1.29 is 14.3 Å². The number of hydrogen-bond acceptors (Lipinski definition) is 3. The Labute approximate surface area is 116 Å². The summed E-state index contributed by atoms with van der Waals surface area (Å²) in [6, 6.07) is 6.29. The molecule has 1 unspecified atom stereocenters. The van der Waals surface area contributed by atoms with Gasteiger partial charge in [0.15, 0.2) is 0 Å². The molecule has 0 radical (unpaired) electrons. The second-order valence-corrected chi connectivity index (χ2v) is 5.79. The van der Waals surface area contributed by atoms with Gasteiger partial charge >= 0.3 is 0 Å². The first-order valence-electron chi connectivity index (χ1n) is 6.49. The van der Waals surface area contributed by atoms with Crippen LogP contribution in [0.4, 0.5) is 4.39 Å². The first kappa shape index (κ1) is 14.3. The van der Waals surface area contributed by atoms with E-state index in [4.69, 9.17) is 0 Å². The number of halogens is 1. The largest absolute Gasteiger partial charge is 0.394 e. The average molecular weight is 283 g/mol. The number of benzene rings is 1. The number of likely N-dealkylation sites (tertiary alicyclic amines) is 1. The highest BCUT2D eigenvalue weighted by Gasteiger charge is 2.27. The van der Waals surface area contributed by atoms with Crippen molar-refractivity contribution in [2.24, 2.45) is 0 Å². The number of carbonyl (C=O) groups is 1. The van der Waals surface area contributed by atoms with Gasteiger partial charge in [-0.1, -0.05) is 0 Å². The Bertz CT molecular complexity index is 424. The molecule has 1 N–H and O–H groups in total. The number of carbonyl (C=O) groups excluding carboxylic acids is 1. The first-order valence-corrected chi connectivity index (χ1v) is 7.48. The van der Waals surface area contributed by atoms with Crippen LogP contribution in [-0.2, 0) is 4.79 Å². The molecule has 1 aliphatic rings. The van der Waals surface area contributed by atoms with Crippen LogP contribution in [0.3, 0.4) is 0 Å². The lowest BCUT2D eigenvalue weighted by molar-refractivity contribution is -0.132. The first-order chi connectivity index (χ1) is 9.20. The highest BCUT2D eigenvalue weighted by atomic mass is 32.2. The third kappa shape index (κ3) is 3.94. The molecule has 2 rings (SSSR count). The van der Waals surface area contributed by atoms with E-state index in [0.717, 1.165) is 24.3 Å². The smallest absolute Gasteiger partial charge is 0.223 e. The van der Waals surface area contributed by atoms with Gasteiger partial charge in [0.05, 0.1) is 12.6 Å². The average Bonchev–Trinajstić information content (AvgIpc) is 2.89. The molecule has 19 heavy (non-hydrogen) atoms. The lowest BCUT2D eigenvalue weighted by Gasteiger charge is -2.22. The van der Waals surface area contributed by atoms with Crippen molar-refractivity contribution in [1.29, 1.82) is 0 Å². The fourth-order valence-electron chi connectivity index (χ4n) is 2.28. The third-order valence-corrected chi connectivity index (χ3v) is 4.32. The molecule has 1 atom stereocenters. The van der Waals surface area contributed by atoms with E-state index < -0.39 is 0 Å². The van der Waals surface area contributed by atoms with Gasteiger partial charge in [-0.3, -0.25) is 4.79 Å². The molecule has 1 amide bonds. The minimum absolute atomic E-state index is 0.00308. The van der Waals surface area contributed by atoms with Crippen LogP contribution in [0.2, 0.25) is 0 Å². The second-order valence-electron chi connectivity index (χ2n) is 4.62. The van der Waals surface area contributed by atoms with E-state index in [0.29, 0.717) is 12.2 Å². The summed E-state index contributed by atoms with van der Waals surface area (Å²) in [5, 5.41) is 9.18. The van der Waals surface area contributed by atoms with Gasteiger partial charge in [0.1, 0.15) is 5.82 Å². The molecular formula is C14H18FNO2S. The van der Waals surface area contributed by atoms with Crippen LogP contribution in [0, 0.1) is 5.82 Å². The monoisotopic (exact) mass is 283 g/mol. The molecule has 1 fully saturated rings. The van der Waals surface area contributed by atoms with E-state index in [1.807, 2.05) is 0 Å². The summed E-state index contributed by atoms with van der Waals surface area (Å²) >= 11 is 1.55. The normalized spacial score (nSPS) is 18.8. The van der Waals surface area contributed by atoms with Gasteiger partial charge in [-0.15, -0.1) is 11.8 Å². The maximum Gasteiger partial charge on any atom is 0.223 e. The van der Waals surface area contributed by atoms with Crippen molar-refractivity contribution in [2.45, 2.75) is 30.2 Å². The Kier molecular flexibility index (Phi) is 5.22. The standard InChI is InChI=1S/C14H18FNO2S/c15-11-3-5-13(6-4-11)19-9-7-14(18)16-8-1-2-12(16)10-17/h3-6,12,17H,1-2,7-10H2. The van der Waals surface area contributed by atoms with Crippen molar-refractivity contribution in [3.8, 4) is 0 Å². The molecule has 3 nitrogen and oxygen atoms in total. The third-order valence-electron chi connectivity index (χ3n) is 3.31. The fraction of sp³-hybridized carbons (Fsp3) is 0.500. The summed E-state index contributed by atoms with van der Waals surface area (Å²) in [7, 11) is 0. The summed E-state index contributed by atoms with van der Waals surface area (Å²) < 4.78 is 12.7. The molecule has 0 bridgehead atoms. The van der Waals surface area contributed by atoms with E-state index in [1.54, 1.807) is 28.8 Å². The van der Waals surface area contributed by atoms with Gasteiger partial charge in [-0.2, -0.15) is 0 Å². The molecular weight excluding hydrogens is 265 g/mol. The number of aliphatic hydroxyl groups is 1. The van der Waals surface area contributed by atoms with Gasteiger partial charge in [-0.25, -0.2) is 4.39 Å². The molecule has 0 spiro atoms. The van der Waals surface area contributed by atoms with Crippen molar-refractivity contribution in [3.05, 3.63) is 30.1 Å². The van der Waals surface area contributed by atoms with Gasteiger partial charge in [-0.05, 0) is 37.1 Å². The number of hydrogen-bond donors (Lipinski definition) is 1. The Morgan fingerprint density at radius 2 is 2.16 bits per heavy atom. The van der Waals surface area contributed by atoms with Crippen LogP contribution < -0.4 is 0 Å². The topological polar surface area (TPSA) is 40.5 Å². The van der Waals surface area contributed by atoms with E-state index in [1.165, 1.54) is 12.1 Å². The Morgan fingerprint density at radius 1 is 1.42 bits per heavy atom. The Morgan fingerprint density at radius 3 is 2.84 bits per heavy atom. The van der Waals surface area contributed by atoms with E-state index in [2.05, 4.69) is 0 Å². The molecule has 1 aromatic rings. The van der Waals surface area contributed by atoms with Crippen molar-refractivity contribution in [2.75, 3.05) is 18.9 Å². The summed E-state index contributed by atoms with van der Waals surface area (Å²) in [5.74, 6) is 0.536. The van der Waals surface area contributed by atoms with E-state index in [-0.39, 0.29) is 24.4 Å². The highest BCUT2D eigenvalue weighted by molar-refractivity contribution is 7.99. The fourth-order valence-corrected chi connectivity index (χ4v) is 3.13. The number of nitrogens with zero attached hydrogens (tertiary/aromatic N) is 1. The SMILES string of the molecule is O=C(CCSc1ccc(F)cc1)N1CCCC1CO. The summed E-state index contributed by atoms with van der Waals surface area (Å²) in [5.41, 5.74) is 0. The zero-order valence-electron chi connectivity index (χ0n) is 10.7. The van der Waals surface area contributed by atoms with Crippen LogP contribution in [0.1, 0.15) is 19.3 Å². The molecule has 5 heteroatoms. The molecule has 0 aromatic heterocycles. The maximum absolute atomic E-state index is 12.7. The van der Waals surface area contributed by atoms with Gasteiger partial charge < -0.3 is 10.0 Å². The minimum atomic E-state index is -0.247. The van der Waals surface area contributed by atoms with Crippen molar-refractivity contribution in [1.82, 2.24) is 4.90 Å². The van der Waals surface area contributed by atoms with Crippen molar-refractivity contribution in [3.63, 3.8) is 0 Å². The van der Waals surface area contributed by atoms with Gasteiger partial charge in [0, 0.05) is 23.6 Å². The molecule has 104 valence electrons. The summed E-state index contributed by atoms with van der Waals surface area (Å²) in [6.07, 6.45) is 2.33.